The van der Waals surface area contributed by atoms with Crippen LogP contribution in [0.4, 0.5) is 14.5 Å². The van der Waals surface area contributed by atoms with Gasteiger partial charge in [-0.1, -0.05) is 30.3 Å². The lowest BCUT2D eigenvalue weighted by molar-refractivity contribution is 0.0882. The molecular formula is C24H25F2N3OS. The van der Waals surface area contributed by atoms with Crippen molar-refractivity contribution >= 4 is 22.9 Å². The normalized spacial score (nSPS) is 16.7. The molecule has 0 saturated carbocycles. The van der Waals surface area contributed by atoms with Gasteiger partial charge in [0, 0.05) is 42.8 Å². The minimum atomic E-state index is -0.853. The lowest BCUT2D eigenvalue weighted by atomic mass is 10.0. The SMILES string of the molecule is C[C@@H](NC(=O)c1c(F)cccc1F)[C@@H](c1cccs1)N1CCN(c2ccccc2)CC1. The second-order valence-electron chi connectivity index (χ2n) is 7.68. The maximum absolute atomic E-state index is 14.1. The summed E-state index contributed by atoms with van der Waals surface area (Å²) in [6.45, 7) is 5.28. The molecule has 0 spiro atoms. The van der Waals surface area contributed by atoms with Gasteiger partial charge in [-0.25, -0.2) is 8.78 Å². The van der Waals surface area contributed by atoms with Crippen molar-refractivity contribution in [2.45, 2.75) is 19.0 Å². The third-order valence-electron chi connectivity index (χ3n) is 5.69. The molecule has 2 aromatic carbocycles. The lowest BCUT2D eigenvalue weighted by Crippen LogP contribution is -2.52. The molecule has 1 aliphatic rings. The molecule has 4 rings (SSSR count). The van der Waals surface area contributed by atoms with Crippen LogP contribution in [0.5, 0.6) is 0 Å². The molecule has 4 nitrogen and oxygen atoms in total. The van der Waals surface area contributed by atoms with Crippen LogP contribution < -0.4 is 10.2 Å². The van der Waals surface area contributed by atoms with Crippen LogP contribution in [-0.2, 0) is 0 Å². The Morgan fingerprint density at radius 3 is 2.23 bits per heavy atom. The van der Waals surface area contributed by atoms with Gasteiger partial charge in [0.05, 0.1) is 6.04 Å². The Kier molecular flexibility index (Phi) is 6.63. The number of carbonyl (C=O) groups is 1. The van der Waals surface area contributed by atoms with E-state index in [0.717, 1.165) is 43.2 Å². The van der Waals surface area contributed by atoms with Crippen LogP contribution >= 0.6 is 11.3 Å². The largest absolute Gasteiger partial charge is 0.369 e. The predicted molar refractivity (Wildman–Crippen MR) is 121 cm³/mol. The van der Waals surface area contributed by atoms with Crippen molar-refractivity contribution in [3.8, 4) is 0 Å². The molecule has 2 heterocycles. The number of benzene rings is 2. The van der Waals surface area contributed by atoms with E-state index >= 15 is 0 Å². The minimum Gasteiger partial charge on any atom is -0.369 e. The van der Waals surface area contributed by atoms with Crippen molar-refractivity contribution in [3.63, 3.8) is 0 Å². The van der Waals surface area contributed by atoms with Gasteiger partial charge in [0.2, 0.25) is 0 Å². The number of nitrogens with zero attached hydrogens (tertiary/aromatic N) is 2. The Bertz CT molecular complexity index is 985. The molecule has 1 amide bonds. The fourth-order valence-corrected chi connectivity index (χ4v) is 5.14. The Hall–Kier alpha value is -2.77. The van der Waals surface area contributed by atoms with Crippen LogP contribution in [0.15, 0.2) is 66.0 Å². The first-order chi connectivity index (χ1) is 15.0. The number of nitrogens with one attached hydrogen (secondary N) is 1. The summed E-state index contributed by atoms with van der Waals surface area (Å²) in [7, 11) is 0. The molecule has 162 valence electrons. The van der Waals surface area contributed by atoms with Crippen molar-refractivity contribution in [1.29, 1.82) is 0 Å². The Morgan fingerprint density at radius 2 is 1.61 bits per heavy atom. The number of para-hydroxylation sites is 1. The van der Waals surface area contributed by atoms with E-state index in [1.54, 1.807) is 11.3 Å². The van der Waals surface area contributed by atoms with Gasteiger partial charge in [-0.05, 0) is 42.6 Å². The van der Waals surface area contributed by atoms with Gasteiger partial charge in [0.15, 0.2) is 0 Å². The quantitative estimate of drug-likeness (QED) is 0.602. The van der Waals surface area contributed by atoms with Crippen LogP contribution in [0.3, 0.4) is 0 Å². The number of amides is 1. The molecule has 31 heavy (non-hydrogen) atoms. The molecule has 2 atom stereocenters. The maximum Gasteiger partial charge on any atom is 0.257 e. The van der Waals surface area contributed by atoms with Gasteiger partial charge in [-0.2, -0.15) is 0 Å². The number of hydrogen-bond donors (Lipinski definition) is 1. The van der Waals surface area contributed by atoms with Crippen LogP contribution in [-0.4, -0.2) is 43.0 Å². The van der Waals surface area contributed by atoms with Crippen molar-refractivity contribution in [2.75, 3.05) is 31.1 Å². The fraction of sp³-hybridized carbons (Fsp3) is 0.292. The van der Waals surface area contributed by atoms with E-state index in [-0.39, 0.29) is 12.1 Å². The lowest BCUT2D eigenvalue weighted by Gasteiger charge is -2.42. The smallest absolute Gasteiger partial charge is 0.257 e. The number of piperazine rings is 1. The van der Waals surface area contributed by atoms with Crippen molar-refractivity contribution < 1.29 is 13.6 Å². The molecule has 0 bridgehead atoms. The van der Waals surface area contributed by atoms with Crippen LogP contribution in [0.2, 0.25) is 0 Å². The molecule has 3 aromatic rings. The fourth-order valence-electron chi connectivity index (χ4n) is 4.17. The number of hydrogen-bond acceptors (Lipinski definition) is 4. The molecule has 0 aliphatic carbocycles. The number of halogens is 2. The monoisotopic (exact) mass is 441 g/mol. The summed E-state index contributed by atoms with van der Waals surface area (Å²) in [6.07, 6.45) is 0. The highest BCUT2D eigenvalue weighted by atomic mass is 32.1. The average Bonchev–Trinajstić information content (AvgIpc) is 3.29. The summed E-state index contributed by atoms with van der Waals surface area (Å²) in [5.41, 5.74) is 0.666. The Balaban J connectivity index is 1.49. The number of carbonyl (C=O) groups excluding carboxylic acids is 1. The first-order valence-corrected chi connectivity index (χ1v) is 11.2. The Labute approximate surface area is 185 Å². The van der Waals surface area contributed by atoms with Gasteiger partial charge in [-0.15, -0.1) is 11.3 Å². The Morgan fingerprint density at radius 1 is 0.935 bits per heavy atom. The maximum atomic E-state index is 14.1. The second-order valence-corrected chi connectivity index (χ2v) is 8.66. The molecule has 1 N–H and O–H groups in total. The van der Waals surface area contributed by atoms with Crippen molar-refractivity contribution in [3.05, 3.63) is 88.1 Å². The average molecular weight is 442 g/mol. The third-order valence-corrected chi connectivity index (χ3v) is 6.63. The number of rotatable bonds is 6. The van der Waals surface area contributed by atoms with E-state index in [0.29, 0.717) is 0 Å². The van der Waals surface area contributed by atoms with Crippen molar-refractivity contribution in [2.24, 2.45) is 0 Å². The highest BCUT2D eigenvalue weighted by Crippen LogP contribution is 2.30. The van der Waals surface area contributed by atoms with Gasteiger partial charge >= 0.3 is 0 Å². The van der Waals surface area contributed by atoms with E-state index in [4.69, 9.17) is 0 Å². The van der Waals surface area contributed by atoms with Crippen molar-refractivity contribution in [1.82, 2.24) is 10.2 Å². The zero-order valence-electron chi connectivity index (χ0n) is 17.3. The summed E-state index contributed by atoms with van der Waals surface area (Å²) in [5.74, 6) is -2.43. The first-order valence-electron chi connectivity index (χ1n) is 10.4. The third kappa shape index (κ3) is 4.78. The highest BCUT2D eigenvalue weighted by molar-refractivity contribution is 7.10. The molecule has 1 fully saturated rings. The topological polar surface area (TPSA) is 35.6 Å². The molecule has 7 heteroatoms. The zero-order chi connectivity index (χ0) is 21.8. The van der Waals surface area contributed by atoms with Crippen LogP contribution in [0.25, 0.3) is 0 Å². The first kappa shape index (κ1) is 21.5. The van der Waals surface area contributed by atoms with Gasteiger partial charge < -0.3 is 10.2 Å². The highest BCUT2D eigenvalue weighted by Gasteiger charge is 2.32. The van der Waals surface area contributed by atoms with Gasteiger partial charge in [0.1, 0.15) is 17.2 Å². The summed E-state index contributed by atoms with van der Waals surface area (Å²) in [4.78, 5) is 18.5. The van der Waals surface area contributed by atoms with E-state index in [1.807, 2.05) is 42.6 Å². The van der Waals surface area contributed by atoms with Gasteiger partial charge in [0.25, 0.3) is 5.91 Å². The van der Waals surface area contributed by atoms with E-state index in [2.05, 4.69) is 27.2 Å². The molecule has 0 radical (unpaired) electrons. The summed E-state index contributed by atoms with van der Waals surface area (Å²) < 4.78 is 28.1. The molecule has 1 saturated heterocycles. The summed E-state index contributed by atoms with van der Waals surface area (Å²) >= 11 is 1.62. The number of anilines is 1. The van der Waals surface area contributed by atoms with Gasteiger partial charge in [-0.3, -0.25) is 9.69 Å². The number of thiophene rings is 1. The second kappa shape index (κ2) is 9.58. The molecule has 1 aromatic heterocycles. The van der Waals surface area contributed by atoms with E-state index in [9.17, 15) is 13.6 Å². The molecule has 0 unspecified atom stereocenters. The van der Waals surface area contributed by atoms with Crippen LogP contribution in [0, 0.1) is 11.6 Å². The molecule has 1 aliphatic heterocycles. The zero-order valence-corrected chi connectivity index (χ0v) is 18.1. The standard InChI is InChI=1S/C24H25F2N3OS/c1-17(27-24(30)22-19(25)9-5-10-20(22)26)23(21-11-6-16-31-21)29-14-12-28(13-15-29)18-7-3-2-4-8-18/h2-11,16-17,23H,12-15H2,1H3,(H,27,30)/t17-,23+/m1/s1. The summed E-state index contributed by atoms with van der Waals surface area (Å²) in [5, 5.41) is 4.85. The predicted octanol–water partition coefficient (Wildman–Crippen LogP) is 4.71. The van der Waals surface area contributed by atoms with E-state index < -0.39 is 23.1 Å². The summed E-state index contributed by atoms with van der Waals surface area (Å²) in [6, 6.07) is 17.4. The molecular weight excluding hydrogens is 416 g/mol. The van der Waals surface area contributed by atoms with Crippen LogP contribution in [0.1, 0.15) is 28.2 Å². The van der Waals surface area contributed by atoms with E-state index in [1.165, 1.54) is 11.8 Å². The minimum absolute atomic E-state index is 0.0725.